The Labute approximate surface area is 368 Å². The van der Waals surface area contributed by atoms with Crippen LogP contribution in [0.5, 0.6) is 0 Å². The third kappa shape index (κ3) is 12.0. The van der Waals surface area contributed by atoms with Gasteiger partial charge in [-0.05, 0) is 83.5 Å². The van der Waals surface area contributed by atoms with E-state index in [-0.39, 0.29) is 67.2 Å². The molecule has 63 heavy (non-hydrogen) atoms. The van der Waals surface area contributed by atoms with Crippen molar-refractivity contribution in [2.24, 2.45) is 28.0 Å². The summed E-state index contributed by atoms with van der Waals surface area (Å²) in [6, 6.07) is 0. The van der Waals surface area contributed by atoms with Crippen molar-refractivity contribution in [3.8, 4) is 0 Å². The summed E-state index contributed by atoms with van der Waals surface area (Å²) in [5.41, 5.74) is 8.21. The van der Waals surface area contributed by atoms with Gasteiger partial charge in [0.15, 0.2) is 18.4 Å². The number of aliphatic carboxylic acids is 1. The Morgan fingerprint density at radius 2 is 1.81 bits per heavy atom. The fourth-order valence-electron chi connectivity index (χ4n) is 9.95. The predicted octanol–water partition coefficient (Wildman–Crippen LogP) is 0.531. The highest BCUT2D eigenvalue weighted by Gasteiger charge is 2.58. The molecule has 9 unspecified atom stereocenters. The number of carboxylic acid groups (broad SMARTS) is 1. The number of aliphatic hydroxyl groups is 6. The Morgan fingerprint density at radius 1 is 1.06 bits per heavy atom. The van der Waals surface area contributed by atoms with Crippen LogP contribution in [-0.2, 0) is 33.3 Å². The first-order valence-electron chi connectivity index (χ1n) is 22.6. The summed E-state index contributed by atoms with van der Waals surface area (Å²) in [5.74, 6) is -6.41. The Bertz CT molecular complexity index is 1780. The summed E-state index contributed by atoms with van der Waals surface area (Å²) in [6.45, 7) is 2.64. The van der Waals surface area contributed by atoms with Crippen molar-refractivity contribution < 1.29 is 73.9 Å². The summed E-state index contributed by atoms with van der Waals surface area (Å²) in [7, 11) is 0. The standard InChI is InChI=1S/C45H68N4O14/c1-27(2)60-38-42(62-35(25-52)37(53)45(38,57)58)63-41-32(21-28-9-4-3-5-10-28)31(34(26-59-41)40(56)61-30-13-16-44(22-30)14-6-7-15-44)12-11-29-23-49(18-20-51)24-33(39(54)55)36(29)48-43(46)47-17-8-19-50/h11-12,21,23,26-27,30-32,35,37-38,41-42,50-53,57-58H,3-10,13-20,22,24-25H2,1-2H3,(H,54,55)(H3,46,47,48)/p+1. The van der Waals surface area contributed by atoms with Crippen molar-refractivity contribution in [3.63, 3.8) is 0 Å². The highest BCUT2D eigenvalue weighted by Crippen LogP contribution is 2.51. The summed E-state index contributed by atoms with van der Waals surface area (Å²) < 4.78 is 30.9. The average molecular weight is 890 g/mol. The SMILES string of the molecule is CC(C)OC1C(OC2OC=C(C(=O)OC3CCC4(CCCC4)C3)C(C=CC3=C[NH+](CCO)CC(C(=O)O)=C3NC(N)=NCCCO)C2C=C2CCCCC2)OC(CO)C(O)C1(O)O. The number of allylic oxidation sites excluding steroid dienone is 3. The van der Waals surface area contributed by atoms with E-state index in [1.165, 1.54) is 6.26 Å². The van der Waals surface area contributed by atoms with E-state index in [1.807, 2.05) is 6.08 Å². The number of ether oxygens (including phenoxy) is 5. The molecule has 0 amide bonds. The molecule has 6 aliphatic rings. The van der Waals surface area contributed by atoms with Gasteiger partial charge in [0, 0.05) is 19.1 Å². The summed E-state index contributed by atoms with van der Waals surface area (Å²) in [6.07, 6.45) is 11.6. The molecule has 0 bridgehead atoms. The Balaban J connectivity index is 1.43. The number of hydrogen-bond acceptors (Lipinski definition) is 14. The van der Waals surface area contributed by atoms with Crippen molar-refractivity contribution in [1.82, 2.24) is 5.32 Å². The van der Waals surface area contributed by atoms with Crippen LogP contribution < -0.4 is 16.0 Å². The van der Waals surface area contributed by atoms with Crippen molar-refractivity contribution in [3.05, 3.63) is 58.7 Å². The van der Waals surface area contributed by atoms with Gasteiger partial charge in [-0.2, -0.15) is 0 Å². The molecule has 11 N–H and O–H groups in total. The van der Waals surface area contributed by atoms with Gasteiger partial charge in [-0.3, -0.25) is 4.99 Å². The number of esters is 1. The van der Waals surface area contributed by atoms with E-state index in [0.29, 0.717) is 16.9 Å². The topological polar surface area (TPSA) is 277 Å². The molecule has 18 heteroatoms. The maximum absolute atomic E-state index is 14.5. The van der Waals surface area contributed by atoms with Crippen LogP contribution in [0.25, 0.3) is 0 Å². The van der Waals surface area contributed by atoms with Gasteiger partial charge in [0.05, 0.1) is 48.3 Å². The van der Waals surface area contributed by atoms with Gasteiger partial charge in [-0.1, -0.05) is 43.1 Å². The second-order valence-electron chi connectivity index (χ2n) is 18.1. The number of aliphatic imine (C=N–C) groups is 1. The molecule has 4 fully saturated rings. The molecule has 3 aliphatic carbocycles. The fraction of sp³-hybridized carbons (Fsp3) is 0.711. The third-order valence-corrected chi connectivity index (χ3v) is 13.2. The molecule has 0 aromatic heterocycles. The van der Waals surface area contributed by atoms with Crippen LogP contribution in [0.3, 0.4) is 0 Å². The van der Waals surface area contributed by atoms with Crippen LogP contribution in [0.4, 0.5) is 0 Å². The van der Waals surface area contributed by atoms with Gasteiger partial charge in [0.2, 0.25) is 12.1 Å². The second kappa shape index (κ2) is 22.0. The number of nitrogens with zero attached hydrogens (tertiary/aromatic N) is 1. The molecule has 1 saturated heterocycles. The second-order valence-corrected chi connectivity index (χ2v) is 18.1. The number of carbonyl (C=O) groups excluding carboxylic acids is 1. The quantitative estimate of drug-likeness (QED) is 0.0238. The Hall–Kier alpha value is -3.69. The maximum atomic E-state index is 14.5. The van der Waals surface area contributed by atoms with Gasteiger partial charge < -0.3 is 75.4 Å². The monoisotopic (exact) mass is 889 g/mol. The lowest BCUT2D eigenvalue weighted by Gasteiger charge is -2.48. The summed E-state index contributed by atoms with van der Waals surface area (Å²) in [5, 5.41) is 75.9. The highest BCUT2D eigenvalue weighted by molar-refractivity contribution is 5.92. The van der Waals surface area contributed by atoms with Crippen molar-refractivity contribution in [1.29, 1.82) is 0 Å². The molecule has 9 atom stereocenters. The third-order valence-electron chi connectivity index (χ3n) is 13.2. The van der Waals surface area contributed by atoms with E-state index in [4.69, 9.17) is 29.4 Å². The molecule has 0 aromatic rings. The molecule has 3 heterocycles. The number of carboxylic acids is 1. The zero-order valence-corrected chi connectivity index (χ0v) is 36.5. The molecule has 0 aromatic carbocycles. The molecule has 352 valence electrons. The van der Waals surface area contributed by atoms with E-state index < -0.39 is 73.2 Å². The average Bonchev–Trinajstić information content (AvgIpc) is 3.89. The van der Waals surface area contributed by atoms with E-state index in [1.54, 1.807) is 32.2 Å². The van der Waals surface area contributed by atoms with E-state index in [2.05, 4.69) is 10.3 Å². The Morgan fingerprint density at radius 3 is 2.48 bits per heavy atom. The fourth-order valence-corrected chi connectivity index (χ4v) is 9.95. The number of nitrogens with two attached hydrogens (primary N) is 1. The van der Waals surface area contributed by atoms with Gasteiger partial charge in [-0.15, -0.1) is 0 Å². The van der Waals surface area contributed by atoms with Crippen LogP contribution in [0.15, 0.2) is 63.7 Å². The molecule has 3 saturated carbocycles. The number of quaternary nitrogens is 1. The van der Waals surface area contributed by atoms with Crippen molar-refractivity contribution in [2.75, 3.05) is 39.5 Å². The molecular weight excluding hydrogens is 821 g/mol. The summed E-state index contributed by atoms with van der Waals surface area (Å²) >= 11 is 0. The van der Waals surface area contributed by atoms with Crippen LogP contribution in [-0.4, -0.2) is 142 Å². The van der Waals surface area contributed by atoms with Crippen LogP contribution >= 0.6 is 0 Å². The minimum atomic E-state index is -2.91. The normalized spacial score (nSPS) is 32.2. The van der Waals surface area contributed by atoms with Gasteiger partial charge in [0.1, 0.15) is 43.2 Å². The number of carbonyl (C=O) groups is 2. The number of aliphatic hydroxyl groups excluding tert-OH is 4. The minimum Gasteiger partial charge on any atom is -0.478 e. The predicted molar refractivity (Wildman–Crippen MR) is 227 cm³/mol. The first-order valence-corrected chi connectivity index (χ1v) is 22.6. The van der Waals surface area contributed by atoms with Gasteiger partial charge >= 0.3 is 11.9 Å². The lowest BCUT2D eigenvalue weighted by Crippen LogP contribution is -3.09. The van der Waals surface area contributed by atoms with Crippen LogP contribution in [0, 0.1) is 17.3 Å². The largest absolute Gasteiger partial charge is 0.478 e. The van der Waals surface area contributed by atoms with E-state index >= 15 is 0 Å². The zero-order chi connectivity index (χ0) is 45.3. The van der Waals surface area contributed by atoms with Crippen LogP contribution in [0.2, 0.25) is 0 Å². The molecule has 6 rings (SSSR count). The lowest BCUT2D eigenvalue weighted by molar-refractivity contribution is -0.843. The van der Waals surface area contributed by atoms with Gasteiger partial charge in [0.25, 0.3) is 0 Å². The first-order chi connectivity index (χ1) is 30.2. The van der Waals surface area contributed by atoms with E-state index in [0.717, 1.165) is 82.6 Å². The van der Waals surface area contributed by atoms with Gasteiger partial charge in [-0.25, -0.2) is 9.59 Å². The molecule has 18 nitrogen and oxygen atoms in total. The highest BCUT2D eigenvalue weighted by atomic mass is 16.8. The maximum Gasteiger partial charge on any atom is 0.339 e. The summed E-state index contributed by atoms with van der Waals surface area (Å²) in [4.78, 5) is 32.2. The number of rotatable bonds is 17. The number of guanidine groups is 1. The molecule has 1 spiro atoms. The molecule has 3 aliphatic heterocycles. The zero-order valence-electron chi connectivity index (χ0n) is 36.5. The lowest BCUT2D eigenvalue weighted by atomic mass is 9.80. The number of nitrogens with one attached hydrogen (secondary N) is 2. The van der Waals surface area contributed by atoms with E-state index in [9.17, 15) is 45.3 Å². The van der Waals surface area contributed by atoms with Crippen LogP contribution in [0.1, 0.15) is 97.3 Å². The Kier molecular flexibility index (Phi) is 17.0. The molecular formula is C45H69N4O14+. The minimum absolute atomic E-state index is 0.0174. The van der Waals surface area contributed by atoms with Crippen molar-refractivity contribution in [2.45, 2.75) is 146 Å². The smallest absolute Gasteiger partial charge is 0.339 e. The van der Waals surface area contributed by atoms with Crippen molar-refractivity contribution >= 4 is 17.9 Å². The number of hydrogen-bond donors (Lipinski definition) is 10. The molecule has 0 radical (unpaired) electrons. The first kappa shape index (κ1) is 48.8.